The van der Waals surface area contributed by atoms with Crippen molar-refractivity contribution in [1.29, 1.82) is 0 Å². The quantitative estimate of drug-likeness (QED) is 0.164. The van der Waals surface area contributed by atoms with Crippen molar-refractivity contribution in [1.82, 2.24) is 10.3 Å². The first-order valence-electron chi connectivity index (χ1n) is 15.5. The van der Waals surface area contributed by atoms with E-state index in [0.29, 0.717) is 18.2 Å². The number of hydrogen-bond acceptors (Lipinski definition) is 7. The highest BCUT2D eigenvalue weighted by Gasteiger charge is 2.38. The van der Waals surface area contributed by atoms with Gasteiger partial charge in [0.25, 0.3) is 5.92 Å². The summed E-state index contributed by atoms with van der Waals surface area (Å²) in [5.74, 6) is -2.16. The van der Waals surface area contributed by atoms with Gasteiger partial charge >= 0.3 is 5.97 Å². The lowest BCUT2D eigenvalue weighted by Gasteiger charge is -2.32. The molecule has 0 radical (unpaired) electrons. The van der Waals surface area contributed by atoms with Gasteiger partial charge in [-0.25, -0.2) is 13.8 Å². The average molecular weight is 665 g/mol. The summed E-state index contributed by atoms with van der Waals surface area (Å²) < 4.78 is 44.9. The summed E-state index contributed by atoms with van der Waals surface area (Å²) in [7, 11) is 0. The maximum Gasteiger partial charge on any atom is 0.324 e. The van der Waals surface area contributed by atoms with Gasteiger partial charge in [-0.05, 0) is 94.2 Å². The number of ether oxygens (including phenoxy) is 3. The number of fused-ring (bicyclic) bond motifs is 1. The topological polar surface area (TPSA) is 81.7 Å². The second-order valence-corrected chi connectivity index (χ2v) is 13.9. The van der Waals surface area contributed by atoms with Crippen molar-refractivity contribution >= 4 is 27.7 Å². The molecule has 3 unspecified atom stereocenters. The minimum absolute atomic E-state index is 0.158. The predicted molar refractivity (Wildman–Crippen MR) is 166 cm³/mol. The number of carbonyl (C=O) groups is 1. The highest BCUT2D eigenvalue weighted by Crippen LogP contribution is 2.42. The minimum atomic E-state index is -2.83. The van der Waals surface area contributed by atoms with Crippen LogP contribution in [0.4, 0.5) is 14.6 Å². The summed E-state index contributed by atoms with van der Waals surface area (Å²) in [4.78, 5) is 17.2. The number of anilines is 1. The van der Waals surface area contributed by atoms with Crippen molar-refractivity contribution in [2.24, 2.45) is 0 Å². The van der Waals surface area contributed by atoms with E-state index in [-0.39, 0.29) is 18.8 Å². The van der Waals surface area contributed by atoms with Crippen LogP contribution in [0.15, 0.2) is 30.3 Å². The lowest BCUT2D eigenvalue weighted by atomic mass is 9.85. The molecule has 2 N–H and O–H groups in total. The fourth-order valence-electron chi connectivity index (χ4n) is 6.01. The maximum absolute atomic E-state index is 13.8. The highest BCUT2D eigenvalue weighted by atomic mass is 79.9. The Balaban J connectivity index is 1.26. The third kappa shape index (κ3) is 8.74. The van der Waals surface area contributed by atoms with Gasteiger partial charge in [0.05, 0.1) is 12.2 Å². The van der Waals surface area contributed by atoms with Crippen LogP contribution in [0, 0.1) is 0 Å². The molecule has 3 aliphatic rings. The van der Waals surface area contributed by atoms with Crippen LogP contribution in [0.3, 0.4) is 0 Å². The average Bonchev–Trinajstić information content (AvgIpc) is 3.49. The van der Waals surface area contributed by atoms with E-state index >= 15 is 0 Å². The predicted octanol–water partition coefficient (Wildman–Crippen LogP) is 6.80. The molecule has 0 amide bonds. The molecule has 2 aromatic rings. The smallest absolute Gasteiger partial charge is 0.324 e. The normalized spacial score (nSPS) is 24.2. The number of unbranched alkanes of at least 4 members (excludes halogenated alkanes) is 1. The number of benzene rings is 1. The van der Waals surface area contributed by atoms with E-state index in [9.17, 15) is 13.6 Å². The number of hydrogen-bond donors (Lipinski definition) is 2. The van der Waals surface area contributed by atoms with Crippen molar-refractivity contribution in [3.05, 3.63) is 58.3 Å². The van der Waals surface area contributed by atoms with Gasteiger partial charge in [0, 0.05) is 37.7 Å². The summed E-state index contributed by atoms with van der Waals surface area (Å²) in [6, 6.07) is 10.3. The van der Waals surface area contributed by atoms with Crippen LogP contribution in [0.1, 0.15) is 97.7 Å². The summed E-state index contributed by atoms with van der Waals surface area (Å²) in [6.07, 6.45) is 4.68. The Morgan fingerprint density at radius 3 is 2.74 bits per heavy atom. The van der Waals surface area contributed by atoms with Crippen molar-refractivity contribution in [3.63, 3.8) is 0 Å². The Bertz CT molecular complexity index is 1260. The molecular formula is C33H44BrF2N3O4. The van der Waals surface area contributed by atoms with Crippen LogP contribution in [0.2, 0.25) is 0 Å². The van der Waals surface area contributed by atoms with Crippen LogP contribution in [0.5, 0.6) is 0 Å². The number of nitrogens with one attached hydrogen (secondary N) is 2. The molecule has 1 aromatic heterocycles. The Hall–Kier alpha value is -2.14. The molecule has 0 spiro atoms. The first kappa shape index (κ1) is 32.3. The molecule has 1 aromatic carbocycles. The van der Waals surface area contributed by atoms with E-state index in [1.165, 1.54) is 0 Å². The van der Waals surface area contributed by atoms with Gasteiger partial charge in [-0.2, -0.15) is 0 Å². The third-order valence-corrected chi connectivity index (χ3v) is 9.17. The number of pyridine rings is 1. The lowest BCUT2D eigenvalue weighted by Crippen LogP contribution is -2.32. The van der Waals surface area contributed by atoms with Gasteiger partial charge in [-0.15, -0.1) is 0 Å². The molecule has 3 aliphatic heterocycles. The zero-order valence-electron chi connectivity index (χ0n) is 25.4. The first-order valence-corrected chi connectivity index (χ1v) is 16.4. The van der Waals surface area contributed by atoms with Crippen LogP contribution in [-0.2, 0) is 31.8 Å². The third-order valence-electron chi connectivity index (χ3n) is 8.30. The summed E-state index contributed by atoms with van der Waals surface area (Å²) >= 11 is 3.57. The molecular weight excluding hydrogens is 620 g/mol. The summed E-state index contributed by atoms with van der Waals surface area (Å²) in [6.45, 7) is 8.35. The molecule has 0 saturated carbocycles. The van der Waals surface area contributed by atoms with Gasteiger partial charge in [0.15, 0.2) is 0 Å². The van der Waals surface area contributed by atoms with E-state index in [0.717, 1.165) is 80.0 Å². The highest BCUT2D eigenvalue weighted by molar-refractivity contribution is 9.09. The van der Waals surface area contributed by atoms with E-state index in [1.54, 1.807) is 0 Å². The van der Waals surface area contributed by atoms with Gasteiger partial charge in [-0.1, -0.05) is 40.2 Å². The van der Waals surface area contributed by atoms with Crippen molar-refractivity contribution < 1.29 is 27.8 Å². The standard InChI is InChI=1S/C33H44BrF2N3O4/c1-32(2,3)43-31(40)29(34)27-17-21(8-10-26(27)28-11-13-33(35,36)20-42-28)23-16-22-7-9-24(39-30(22)38-18-23)6-4-5-15-41-25-12-14-37-19-25/h7-10,17,23,25,28-29,37H,4-6,11-16,18-20H2,1-3H3,(H,38,39)/t23?,25-,28?,29?/m1/s1. The second kappa shape index (κ2) is 13.9. The number of rotatable bonds is 10. The molecule has 0 bridgehead atoms. The summed E-state index contributed by atoms with van der Waals surface area (Å²) in [5, 5.41) is 6.85. The van der Waals surface area contributed by atoms with Gasteiger partial charge in [-0.3, -0.25) is 4.79 Å². The monoisotopic (exact) mass is 663 g/mol. The molecule has 2 fully saturated rings. The molecule has 5 rings (SSSR count). The second-order valence-electron chi connectivity index (χ2n) is 13.0. The van der Waals surface area contributed by atoms with Crippen molar-refractivity contribution in [2.45, 2.75) is 100 Å². The minimum Gasteiger partial charge on any atom is -0.459 e. The van der Waals surface area contributed by atoms with E-state index in [4.69, 9.17) is 19.2 Å². The molecule has 4 heterocycles. The van der Waals surface area contributed by atoms with Crippen molar-refractivity contribution in [3.8, 4) is 0 Å². The zero-order valence-corrected chi connectivity index (χ0v) is 27.0. The van der Waals surface area contributed by atoms with Crippen LogP contribution in [0.25, 0.3) is 0 Å². The number of esters is 1. The number of aromatic nitrogens is 1. The number of nitrogens with zero attached hydrogens (tertiary/aromatic N) is 1. The lowest BCUT2D eigenvalue weighted by molar-refractivity contribution is -0.154. The van der Waals surface area contributed by atoms with Gasteiger partial charge < -0.3 is 24.8 Å². The van der Waals surface area contributed by atoms with E-state index < -0.39 is 35.0 Å². The van der Waals surface area contributed by atoms with Crippen LogP contribution < -0.4 is 10.6 Å². The number of alkyl halides is 3. The molecule has 2 saturated heterocycles. The first-order chi connectivity index (χ1) is 20.5. The number of halogens is 3. The SMILES string of the molecule is CC(C)(C)OC(=O)C(Br)c1cc(C2CNc3nc(CCCCO[C@@H]4CCNC4)ccc3C2)ccc1C1CCC(F)(F)CO1. The fraction of sp³-hybridized carbons (Fsp3) is 0.636. The van der Waals surface area contributed by atoms with E-state index in [2.05, 4.69) is 38.7 Å². The largest absolute Gasteiger partial charge is 0.459 e. The van der Waals surface area contributed by atoms with Crippen molar-refractivity contribution in [2.75, 3.05) is 38.2 Å². The Morgan fingerprint density at radius 2 is 2.02 bits per heavy atom. The van der Waals surface area contributed by atoms with Gasteiger partial charge in [0.2, 0.25) is 0 Å². The summed E-state index contributed by atoms with van der Waals surface area (Å²) in [5.41, 5.74) is 4.09. The number of aryl methyl sites for hydroxylation is 1. The van der Waals surface area contributed by atoms with Crippen LogP contribution in [-0.4, -0.2) is 61.4 Å². The molecule has 4 atom stereocenters. The van der Waals surface area contributed by atoms with E-state index in [1.807, 2.05) is 39.0 Å². The molecule has 7 nitrogen and oxygen atoms in total. The Labute approximate surface area is 262 Å². The zero-order chi connectivity index (χ0) is 30.6. The molecule has 10 heteroatoms. The van der Waals surface area contributed by atoms with Gasteiger partial charge in [0.1, 0.15) is 22.9 Å². The fourth-order valence-corrected chi connectivity index (χ4v) is 6.50. The molecule has 0 aliphatic carbocycles. The molecule has 236 valence electrons. The number of carbonyl (C=O) groups excluding carboxylic acids is 1. The van der Waals surface area contributed by atoms with Crippen LogP contribution >= 0.6 is 15.9 Å². The molecule has 43 heavy (non-hydrogen) atoms. The Morgan fingerprint density at radius 1 is 1.19 bits per heavy atom. The Kier molecular flexibility index (Phi) is 10.4. The maximum atomic E-state index is 13.8.